The SMILES string of the molecule is CC(C)NCC(C)(C)COc1ccc(C(F)(F)F)cc1. The van der Waals surface area contributed by atoms with Gasteiger partial charge in [-0.05, 0) is 24.3 Å². The van der Waals surface area contributed by atoms with Gasteiger partial charge in [-0.2, -0.15) is 13.2 Å². The van der Waals surface area contributed by atoms with E-state index in [1.807, 2.05) is 13.8 Å². The van der Waals surface area contributed by atoms with E-state index in [9.17, 15) is 13.2 Å². The summed E-state index contributed by atoms with van der Waals surface area (Å²) in [5.74, 6) is 0.454. The average Bonchev–Trinajstić information content (AvgIpc) is 2.34. The molecule has 0 atom stereocenters. The average molecular weight is 289 g/mol. The Morgan fingerprint density at radius 3 is 2.10 bits per heavy atom. The Kier molecular flexibility index (Phi) is 5.45. The van der Waals surface area contributed by atoms with Crippen LogP contribution in [0.5, 0.6) is 5.75 Å². The van der Waals surface area contributed by atoms with Crippen molar-refractivity contribution in [1.82, 2.24) is 5.32 Å². The Bertz CT molecular complexity index is 410. The number of ether oxygens (including phenoxy) is 1. The lowest BCUT2D eigenvalue weighted by atomic mass is 9.94. The molecule has 0 saturated heterocycles. The summed E-state index contributed by atoms with van der Waals surface area (Å²) in [6.07, 6.45) is -4.31. The molecule has 0 amide bonds. The Morgan fingerprint density at radius 1 is 1.10 bits per heavy atom. The Hall–Kier alpha value is -1.23. The van der Waals surface area contributed by atoms with Crippen LogP contribution < -0.4 is 10.1 Å². The van der Waals surface area contributed by atoms with E-state index < -0.39 is 11.7 Å². The summed E-state index contributed by atoms with van der Waals surface area (Å²) in [6, 6.07) is 5.17. The van der Waals surface area contributed by atoms with Crippen LogP contribution in [0.3, 0.4) is 0 Å². The van der Waals surface area contributed by atoms with Gasteiger partial charge in [0.1, 0.15) is 5.75 Å². The molecule has 2 nitrogen and oxygen atoms in total. The molecule has 0 saturated carbocycles. The summed E-state index contributed by atoms with van der Waals surface area (Å²) < 4.78 is 42.8. The fourth-order valence-electron chi connectivity index (χ4n) is 1.55. The van der Waals surface area contributed by atoms with Crippen LogP contribution >= 0.6 is 0 Å². The van der Waals surface area contributed by atoms with Crippen molar-refractivity contribution >= 4 is 0 Å². The zero-order chi connectivity index (χ0) is 15.4. The lowest BCUT2D eigenvalue weighted by molar-refractivity contribution is -0.137. The third-order valence-corrected chi connectivity index (χ3v) is 2.80. The molecule has 20 heavy (non-hydrogen) atoms. The monoisotopic (exact) mass is 289 g/mol. The lowest BCUT2D eigenvalue weighted by Gasteiger charge is -2.26. The molecule has 1 aromatic rings. The van der Waals surface area contributed by atoms with Crippen molar-refractivity contribution in [1.29, 1.82) is 0 Å². The molecule has 5 heteroatoms. The fraction of sp³-hybridized carbons (Fsp3) is 0.600. The third kappa shape index (κ3) is 5.82. The van der Waals surface area contributed by atoms with Gasteiger partial charge in [0, 0.05) is 18.0 Å². The summed E-state index contributed by atoms with van der Waals surface area (Å²) in [6.45, 7) is 9.45. The van der Waals surface area contributed by atoms with E-state index in [0.29, 0.717) is 18.4 Å². The highest BCUT2D eigenvalue weighted by Crippen LogP contribution is 2.30. The molecule has 0 heterocycles. The van der Waals surface area contributed by atoms with Crippen molar-refractivity contribution in [2.75, 3.05) is 13.2 Å². The van der Waals surface area contributed by atoms with Crippen LogP contribution in [0.1, 0.15) is 33.3 Å². The molecule has 0 radical (unpaired) electrons. The highest BCUT2D eigenvalue weighted by Gasteiger charge is 2.30. The van der Waals surface area contributed by atoms with Crippen molar-refractivity contribution in [3.8, 4) is 5.75 Å². The molecule has 0 aromatic heterocycles. The number of benzene rings is 1. The second-order valence-corrected chi connectivity index (χ2v) is 6.01. The standard InChI is InChI=1S/C15H22F3NO/c1-11(2)19-9-14(3,4)10-20-13-7-5-12(6-8-13)15(16,17)18/h5-8,11,19H,9-10H2,1-4H3. The molecule has 0 aliphatic heterocycles. The first kappa shape index (κ1) is 16.8. The summed E-state index contributed by atoms with van der Waals surface area (Å²) in [5.41, 5.74) is -0.752. The lowest BCUT2D eigenvalue weighted by Crippen LogP contribution is -2.37. The predicted molar refractivity (Wildman–Crippen MR) is 73.9 cm³/mol. The van der Waals surface area contributed by atoms with Crippen molar-refractivity contribution in [2.45, 2.75) is 39.9 Å². The van der Waals surface area contributed by atoms with Gasteiger partial charge in [0.25, 0.3) is 0 Å². The van der Waals surface area contributed by atoms with Gasteiger partial charge in [-0.1, -0.05) is 27.7 Å². The van der Waals surface area contributed by atoms with Gasteiger partial charge in [0.2, 0.25) is 0 Å². The van der Waals surface area contributed by atoms with Crippen LogP contribution in [0.4, 0.5) is 13.2 Å². The number of alkyl halides is 3. The second-order valence-electron chi connectivity index (χ2n) is 6.01. The van der Waals surface area contributed by atoms with Crippen LogP contribution in [0.2, 0.25) is 0 Å². The van der Waals surface area contributed by atoms with Gasteiger partial charge < -0.3 is 10.1 Å². The Labute approximate surface area is 118 Å². The first-order valence-electron chi connectivity index (χ1n) is 6.64. The molecule has 0 fully saturated rings. The van der Waals surface area contributed by atoms with E-state index in [-0.39, 0.29) is 5.41 Å². The van der Waals surface area contributed by atoms with E-state index >= 15 is 0 Å². The highest BCUT2D eigenvalue weighted by molar-refractivity contribution is 5.28. The van der Waals surface area contributed by atoms with E-state index in [1.54, 1.807) is 0 Å². The maximum absolute atomic E-state index is 12.4. The number of hydrogen-bond donors (Lipinski definition) is 1. The molecule has 0 unspecified atom stereocenters. The summed E-state index contributed by atoms with van der Waals surface area (Å²) in [4.78, 5) is 0. The molecular formula is C15H22F3NO. The predicted octanol–water partition coefficient (Wildman–Crippen LogP) is 4.11. The normalized spacial score (nSPS) is 12.8. The second kappa shape index (κ2) is 6.48. The first-order chi connectivity index (χ1) is 9.10. The molecule has 114 valence electrons. The highest BCUT2D eigenvalue weighted by atomic mass is 19.4. The van der Waals surface area contributed by atoms with Crippen molar-refractivity contribution in [3.05, 3.63) is 29.8 Å². The van der Waals surface area contributed by atoms with Crippen molar-refractivity contribution < 1.29 is 17.9 Å². The maximum atomic E-state index is 12.4. The van der Waals surface area contributed by atoms with E-state index in [2.05, 4.69) is 19.2 Å². The minimum absolute atomic E-state index is 0.0903. The molecule has 1 rings (SSSR count). The smallest absolute Gasteiger partial charge is 0.416 e. The van der Waals surface area contributed by atoms with E-state index in [0.717, 1.165) is 18.7 Å². The number of rotatable bonds is 6. The van der Waals surface area contributed by atoms with Gasteiger partial charge in [-0.3, -0.25) is 0 Å². The van der Waals surface area contributed by atoms with Crippen LogP contribution in [0.25, 0.3) is 0 Å². The Balaban J connectivity index is 2.53. The van der Waals surface area contributed by atoms with Crippen LogP contribution in [0.15, 0.2) is 24.3 Å². The fourth-order valence-corrected chi connectivity index (χ4v) is 1.55. The number of halogens is 3. The van der Waals surface area contributed by atoms with Gasteiger partial charge in [0.15, 0.2) is 0 Å². The number of hydrogen-bond acceptors (Lipinski definition) is 2. The molecule has 1 N–H and O–H groups in total. The topological polar surface area (TPSA) is 21.3 Å². The van der Waals surface area contributed by atoms with Crippen LogP contribution in [-0.2, 0) is 6.18 Å². The zero-order valence-electron chi connectivity index (χ0n) is 12.3. The molecule has 0 spiro atoms. The molecule has 1 aromatic carbocycles. The molecule has 0 bridgehead atoms. The molecular weight excluding hydrogens is 267 g/mol. The maximum Gasteiger partial charge on any atom is 0.416 e. The first-order valence-corrected chi connectivity index (χ1v) is 6.64. The van der Waals surface area contributed by atoms with Crippen LogP contribution in [0, 0.1) is 5.41 Å². The van der Waals surface area contributed by atoms with Gasteiger partial charge >= 0.3 is 6.18 Å². The minimum Gasteiger partial charge on any atom is -0.493 e. The summed E-state index contributed by atoms with van der Waals surface area (Å²) >= 11 is 0. The summed E-state index contributed by atoms with van der Waals surface area (Å²) in [7, 11) is 0. The van der Waals surface area contributed by atoms with Crippen molar-refractivity contribution in [2.24, 2.45) is 5.41 Å². The third-order valence-electron chi connectivity index (χ3n) is 2.80. The summed E-state index contributed by atoms with van der Waals surface area (Å²) in [5, 5.41) is 3.32. The van der Waals surface area contributed by atoms with Gasteiger partial charge in [-0.25, -0.2) is 0 Å². The van der Waals surface area contributed by atoms with E-state index in [1.165, 1.54) is 12.1 Å². The van der Waals surface area contributed by atoms with E-state index in [4.69, 9.17) is 4.74 Å². The van der Waals surface area contributed by atoms with Gasteiger partial charge in [-0.15, -0.1) is 0 Å². The zero-order valence-corrected chi connectivity index (χ0v) is 12.3. The molecule has 0 aliphatic carbocycles. The minimum atomic E-state index is -4.31. The molecule has 0 aliphatic rings. The Morgan fingerprint density at radius 2 is 1.65 bits per heavy atom. The largest absolute Gasteiger partial charge is 0.493 e. The quantitative estimate of drug-likeness (QED) is 0.851. The van der Waals surface area contributed by atoms with Crippen molar-refractivity contribution in [3.63, 3.8) is 0 Å². The van der Waals surface area contributed by atoms with Gasteiger partial charge in [0.05, 0.1) is 12.2 Å². The van der Waals surface area contributed by atoms with Crippen LogP contribution in [-0.4, -0.2) is 19.2 Å². The number of nitrogens with one attached hydrogen (secondary N) is 1.